The SMILES string of the molecule is C=C(C)C(=O)NC(C)(C)CS(=O)(=O)O.[Ca+2].[H-].[H-]. The van der Waals surface area contributed by atoms with Gasteiger partial charge in [0.25, 0.3) is 10.1 Å². The quantitative estimate of drug-likeness (QED) is 0.431. The minimum absolute atomic E-state index is 0. The first kappa shape index (κ1) is 17.8. The molecule has 0 unspecified atom stereocenters. The Kier molecular flexibility index (Phi) is 7.34. The molecule has 5 nitrogen and oxygen atoms in total. The largest absolute Gasteiger partial charge is 2.00 e. The summed E-state index contributed by atoms with van der Waals surface area (Å²) in [5.41, 5.74) is -0.725. The molecule has 0 spiro atoms. The molecule has 0 aliphatic carbocycles. The van der Waals surface area contributed by atoms with Crippen LogP contribution in [-0.4, -0.2) is 67.9 Å². The summed E-state index contributed by atoms with van der Waals surface area (Å²) in [6, 6.07) is 0. The molecule has 0 heterocycles. The predicted molar refractivity (Wildman–Crippen MR) is 61.4 cm³/mol. The molecular formula is C8H17CaNO4S. The summed E-state index contributed by atoms with van der Waals surface area (Å²) in [4.78, 5) is 11.2. The summed E-state index contributed by atoms with van der Waals surface area (Å²) < 4.78 is 29.8. The Hall–Kier alpha value is 0.380. The average molecular weight is 263 g/mol. The molecule has 0 aliphatic heterocycles. The second kappa shape index (κ2) is 6.20. The van der Waals surface area contributed by atoms with Crippen LogP contribution in [0.4, 0.5) is 0 Å². The third-order valence-electron chi connectivity index (χ3n) is 1.38. The van der Waals surface area contributed by atoms with Gasteiger partial charge < -0.3 is 8.17 Å². The standard InChI is InChI=1S/C8H15NO4S.Ca.2H/c1-6(2)7(10)9-8(3,4)5-14(11,12)13;;;/h1,5H2,2-4H3,(H,9,10)(H,11,12,13);;;/q;+2;2*-1. The van der Waals surface area contributed by atoms with Crippen molar-refractivity contribution in [3.8, 4) is 0 Å². The van der Waals surface area contributed by atoms with Crippen molar-refractivity contribution in [1.82, 2.24) is 5.32 Å². The first-order valence-electron chi connectivity index (χ1n) is 3.97. The molecule has 0 rings (SSSR count). The van der Waals surface area contributed by atoms with Gasteiger partial charge in [-0.3, -0.25) is 9.35 Å². The molecule has 0 fully saturated rings. The van der Waals surface area contributed by atoms with Crippen molar-refractivity contribution in [3.63, 3.8) is 0 Å². The van der Waals surface area contributed by atoms with E-state index in [1.807, 2.05) is 0 Å². The van der Waals surface area contributed by atoms with Crippen LogP contribution in [0.15, 0.2) is 12.2 Å². The van der Waals surface area contributed by atoms with E-state index in [4.69, 9.17) is 4.55 Å². The fraction of sp³-hybridized carbons (Fsp3) is 0.625. The normalized spacial score (nSPS) is 11.5. The van der Waals surface area contributed by atoms with Crippen LogP contribution in [0.25, 0.3) is 0 Å². The minimum atomic E-state index is -4.10. The van der Waals surface area contributed by atoms with Crippen molar-refractivity contribution in [2.75, 3.05) is 5.75 Å². The van der Waals surface area contributed by atoms with Crippen molar-refractivity contribution in [2.24, 2.45) is 0 Å². The Bertz CT molecular complexity index is 357. The maximum absolute atomic E-state index is 11.2. The molecule has 0 aromatic heterocycles. The van der Waals surface area contributed by atoms with Crippen LogP contribution >= 0.6 is 0 Å². The van der Waals surface area contributed by atoms with Crippen LogP contribution in [0.2, 0.25) is 0 Å². The zero-order valence-electron chi connectivity index (χ0n) is 11.2. The van der Waals surface area contributed by atoms with E-state index in [0.29, 0.717) is 0 Å². The zero-order valence-corrected chi connectivity index (χ0v) is 12.2. The Balaban J connectivity index is -0.000000282. The monoisotopic (exact) mass is 263 g/mol. The molecule has 0 radical (unpaired) electrons. The second-order valence-electron chi connectivity index (χ2n) is 3.84. The predicted octanol–water partition coefficient (Wildman–Crippen LogP) is 0.189. The number of carbonyl (C=O) groups is 1. The number of hydrogen-bond donors (Lipinski definition) is 2. The maximum atomic E-state index is 11.2. The molecule has 0 aliphatic rings. The van der Waals surface area contributed by atoms with E-state index in [9.17, 15) is 13.2 Å². The van der Waals surface area contributed by atoms with Gasteiger partial charge in [0.2, 0.25) is 5.91 Å². The average Bonchev–Trinajstić information content (AvgIpc) is 1.78. The molecule has 0 aromatic carbocycles. The number of nitrogens with one attached hydrogen (secondary N) is 1. The van der Waals surface area contributed by atoms with Gasteiger partial charge in [0, 0.05) is 5.57 Å². The van der Waals surface area contributed by atoms with Gasteiger partial charge in [-0.05, 0) is 20.8 Å². The molecule has 2 N–H and O–H groups in total. The van der Waals surface area contributed by atoms with Crippen molar-refractivity contribution in [2.45, 2.75) is 26.3 Å². The van der Waals surface area contributed by atoms with E-state index in [-0.39, 0.29) is 46.2 Å². The van der Waals surface area contributed by atoms with Gasteiger partial charge in [-0.1, -0.05) is 6.58 Å². The summed E-state index contributed by atoms with van der Waals surface area (Å²) in [6.07, 6.45) is 0. The van der Waals surface area contributed by atoms with Crippen LogP contribution in [-0.2, 0) is 14.9 Å². The van der Waals surface area contributed by atoms with E-state index < -0.39 is 27.3 Å². The Morgan fingerprint density at radius 1 is 1.53 bits per heavy atom. The topological polar surface area (TPSA) is 83.5 Å². The van der Waals surface area contributed by atoms with E-state index >= 15 is 0 Å². The number of amides is 1. The molecule has 0 aromatic rings. The number of hydrogen-bond acceptors (Lipinski definition) is 3. The summed E-state index contributed by atoms with van der Waals surface area (Å²) in [5.74, 6) is -0.961. The van der Waals surface area contributed by atoms with E-state index in [0.717, 1.165) is 0 Å². The molecular weight excluding hydrogens is 246 g/mol. The first-order valence-corrected chi connectivity index (χ1v) is 5.57. The van der Waals surface area contributed by atoms with E-state index in [2.05, 4.69) is 11.9 Å². The van der Waals surface area contributed by atoms with Crippen molar-refractivity contribution >= 4 is 53.8 Å². The third-order valence-corrected chi connectivity index (χ3v) is 2.47. The van der Waals surface area contributed by atoms with Crippen LogP contribution in [0.1, 0.15) is 23.6 Å². The van der Waals surface area contributed by atoms with Gasteiger partial charge in [-0.15, -0.1) is 0 Å². The zero-order chi connectivity index (χ0) is 11.6. The Morgan fingerprint density at radius 3 is 2.20 bits per heavy atom. The fourth-order valence-corrected chi connectivity index (χ4v) is 1.89. The molecule has 0 bridgehead atoms. The molecule has 0 atom stereocenters. The summed E-state index contributed by atoms with van der Waals surface area (Å²) in [6.45, 7) is 7.93. The first-order chi connectivity index (χ1) is 6.03. The second-order valence-corrected chi connectivity index (χ2v) is 5.30. The van der Waals surface area contributed by atoms with Gasteiger partial charge in [0.1, 0.15) is 0 Å². The summed E-state index contributed by atoms with van der Waals surface area (Å²) in [5, 5.41) is 2.43. The Morgan fingerprint density at radius 2 is 1.93 bits per heavy atom. The third kappa shape index (κ3) is 9.32. The summed E-state index contributed by atoms with van der Waals surface area (Å²) >= 11 is 0. The van der Waals surface area contributed by atoms with Crippen LogP contribution < -0.4 is 5.32 Å². The van der Waals surface area contributed by atoms with Crippen LogP contribution in [0, 0.1) is 0 Å². The maximum Gasteiger partial charge on any atom is 2.00 e. The minimum Gasteiger partial charge on any atom is -1.00 e. The number of carbonyl (C=O) groups excluding carboxylic acids is 1. The summed E-state index contributed by atoms with van der Waals surface area (Å²) in [7, 11) is -4.10. The molecule has 0 saturated heterocycles. The van der Waals surface area contributed by atoms with Gasteiger partial charge in [-0.2, -0.15) is 8.42 Å². The molecule has 15 heavy (non-hydrogen) atoms. The van der Waals surface area contributed by atoms with E-state index in [1.165, 1.54) is 20.8 Å². The molecule has 86 valence electrons. The fourth-order valence-electron chi connectivity index (χ4n) is 0.906. The Labute approximate surface area is 123 Å². The van der Waals surface area contributed by atoms with Gasteiger partial charge in [0.15, 0.2) is 0 Å². The van der Waals surface area contributed by atoms with Crippen LogP contribution in [0.5, 0.6) is 0 Å². The van der Waals surface area contributed by atoms with Crippen molar-refractivity contribution < 1.29 is 20.6 Å². The van der Waals surface area contributed by atoms with Gasteiger partial charge in [-0.25, -0.2) is 0 Å². The molecule has 1 amide bonds. The smallest absolute Gasteiger partial charge is 1.00 e. The molecule has 7 heteroatoms. The molecule has 0 saturated carbocycles. The van der Waals surface area contributed by atoms with E-state index in [1.54, 1.807) is 0 Å². The van der Waals surface area contributed by atoms with Crippen LogP contribution in [0.3, 0.4) is 0 Å². The van der Waals surface area contributed by atoms with Gasteiger partial charge >= 0.3 is 37.7 Å². The van der Waals surface area contributed by atoms with Crippen molar-refractivity contribution in [3.05, 3.63) is 12.2 Å². The van der Waals surface area contributed by atoms with Gasteiger partial charge in [0.05, 0.1) is 11.3 Å². The number of rotatable bonds is 4. The van der Waals surface area contributed by atoms with Crippen molar-refractivity contribution in [1.29, 1.82) is 0 Å².